The number of benzene rings is 1. The Kier molecular flexibility index (Phi) is 2.87. The maximum absolute atomic E-state index is 12.0. The van der Waals surface area contributed by atoms with Crippen molar-refractivity contribution >= 4 is 21.4 Å². The highest BCUT2D eigenvalue weighted by molar-refractivity contribution is 7.91. The van der Waals surface area contributed by atoms with E-state index in [1.807, 2.05) is 25.1 Å². The molecule has 1 saturated heterocycles. The highest BCUT2D eigenvalue weighted by atomic mass is 32.2. The number of amides is 1. The Morgan fingerprint density at radius 3 is 2.84 bits per heavy atom. The Labute approximate surface area is 112 Å². The van der Waals surface area contributed by atoms with Gasteiger partial charge in [-0.3, -0.25) is 10.1 Å². The molecule has 2 atom stereocenters. The summed E-state index contributed by atoms with van der Waals surface area (Å²) in [5.74, 6) is 0.224. The zero-order valence-corrected chi connectivity index (χ0v) is 11.5. The number of hydrogen-bond acceptors (Lipinski definition) is 4. The molecular weight excluding hydrogens is 264 g/mol. The van der Waals surface area contributed by atoms with E-state index in [0.29, 0.717) is 6.42 Å². The standard InChI is InChI=1S/C13H16N2O3S/c1-8-2-3-11-10(6-8)12(13(16)15-11)14-9-4-5-19(17,18)7-9/h2-3,6,9,12,14H,4-5,7H2,1H3,(H,15,16). The van der Waals surface area contributed by atoms with Crippen LogP contribution in [0, 0.1) is 6.92 Å². The van der Waals surface area contributed by atoms with E-state index < -0.39 is 15.9 Å². The molecule has 3 rings (SSSR count). The molecule has 2 unspecified atom stereocenters. The first-order valence-electron chi connectivity index (χ1n) is 6.32. The molecule has 0 radical (unpaired) electrons. The third kappa shape index (κ3) is 2.37. The summed E-state index contributed by atoms with van der Waals surface area (Å²) < 4.78 is 22.9. The van der Waals surface area contributed by atoms with Gasteiger partial charge in [0.15, 0.2) is 9.84 Å². The van der Waals surface area contributed by atoms with Crippen molar-refractivity contribution in [2.45, 2.75) is 25.4 Å². The summed E-state index contributed by atoms with van der Waals surface area (Å²) in [6, 6.07) is 5.23. The van der Waals surface area contributed by atoms with Gasteiger partial charge in [-0.25, -0.2) is 8.42 Å². The highest BCUT2D eigenvalue weighted by Crippen LogP contribution is 2.32. The second-order valence-corrected chi connectivity index (χ2v) is 7.51. The lowest BCUT2D eigenvalue weighted by atomic mass is 10.0. The molecule has 2 N–H and O–H groups in total. The van der Waals surface area contributed by atoms with Gasteiger partial charge in [-0.05, 0) is 19.4 Å². The van der Waals surface area contributed by atoms with Crippen molar-refractivity contribution in [3.8, 4) is 0 Å². The molecule has 1 fully saturated rings. The molecule has 2 heterocycles. The summed E-state index contributed by atoms with van der Waals surface area (Å²) in [5.41, 5.74) is 2.81. The van der Waals surface area contributed by atoms with E-state index in [9.17, 15) is 13.2 Å². The second-order valence-electron chi connectivity index (χ2n) is 5.28. The average molecular weight is 280 g/mol. The van der Waals surface area contributed by atoms with Crippen LogP contribution in [0.4, 0.5) is 5.69 Å². The van der Waals surface area contributed by atoms with E-state index >= 15 is 0 Å². The fourth-order valence-electron chi connectivity index (χ4n) is 2.71. The van der Waals surface area contributed by atoms with Crippen LogP contribution in [0.25, 0.3) is 0 Å². The number of fused-ring (bicyclic) bond motifs is 1. The average Bonchev–Trinajstić information content (AvgIpc) is 2.81. The number of sulfone groups is 1. The van der Waals surface area contributed by atoms with Crippen molar-refractivity contribution < 1.29 is 13.2 Å². The van der Waals surface area contributed by atoms with Crippen LogP contribution in [0.1, 0.15) is 23.6 Å². The Morgan fingerprint density at radius 1 is 1.37 bits per heavy atom. The van der Waals surface area contributed by atoms with E-state index in [2.05, 4.69) is 10.6 Å². The SMILES string of the molecule is Cc1ccc2c(c1)C(NC1CCS(=O)(=O)C1)C(=O)N2. The van der Waals surface area contributed by atoms with Gasteiger partial charge < -0.3 is 5.32 Å². The number of carbonyl (C=O) groups excluding carboxylic acids is 1. The third-order valence-corrected chi connectivity index (χ3v) is 5.44. The zero-order valence-electron chi connectivity index (χ0n) is 10.6. The minimum atomic E-state index is -2.93. The molecular formula is C13H16N2O3S. The van der Waals surface area contributed by atoms with Crippen molar-refractivity contribution in [2.75, 3.05) is 16.8 Å². The third-order valence-electron chi connectivity index (χ3n) is 3.67. The molecule has 102 valence electrons. The second kappa shape index (κ2) is 4.31. The summed E-state index contributed by atoms with van der Waals surface area (Å²) in [6.45, 7) is 1.97. The monoisotopic (exact) mass is 280 g/mol. The maximum Gasteiger partial charge on any atom is 0.246 e. The maximum atomic E-state index is 12.0. The number of aryl methyl sites for hydroxylation is 1. The predicted molar refractivity (Wildman–Crippen MR) is 72.7 cm³/mol. The van der Waals surface area contributed by atoms with E-state index in [0.717, 1.165) is 16.8 Å². The van der Waals surface area contributed by atoms with Gasteiger partial charge in [-0.15, -0.1) is 0 Å². The van der Waals surface area contributed by atoms with E-state index in [-0.39, 0.29) is 23.5 Å². The van der Waals surface area contributed by atoms with Gasteiger partial charge in [-0.1, -0.05) is 17.7 Å². The number of rotatable bonds is 2. The Hall–Kier alpha value is -1.40. The Balaban J connectivity index is 1.83. The highest BCUT2D eigenvalue weighted by Gasteiger charge is 2.35. The Morgan fingerprint density at radius 2 is 2.16 bits per heavy atom. The minimum absolute atomic E-state index is 0.107. The van der Waals surface area contributed by atoms with Crippen LogP contribution in [-0.2, 0) is 14.6 Å². The van der Waals surface area contributed by atoms with Crippen LogP contribution in [0.5, 0.6) is 0 Å². The van der Waals surface area contributed by atoms with Gasteiger partial charge in [-0.2, -0.15) is 0 Å². The van der Waals surface area contributed by atoms with Crippen molar-refractivity contribution in [2.24, 2.45) is 0 Å². The summed E-state index contributed by atoms with van der Waals surface area (Å²) in [6.07, 6.45) is 0.577. The molecule has 1 aromatic rings. The van der Waals surface area contributed by atoms with Gasteiger partial charge in [0.05, 0.1) is 11.5 Å². The molecule has 2 aliphatic rings. The Bertz CT molecular complexity index is 639. The van der Waals surface area contributed by atoms with Gasteiger partial charge in [0, 0.05) is 17.3 Å². The lowest BCUT2D eigenvalue weighted by molar-refractivity contribution is -0.117. The minimum Gasteiger partial charge on any atom is -0.324 e. The molecule has 0 aromatic heterocycles. The molecule has 6 heteroatoms. The first-order chi connectivity index (χ1) is 8.94. The predicted octanol–water partition coefficient (Wildman–Crippen LogP) is 0.765. The molecule has 1 aromatic carbocycles. The smallest absolute Gasteiger partial charge is 0.246 e. The first kappa shape index (κ1) is 12.6. The van der Waals surface area contributed by atoms with Gasteiger partial charge in [0.25, 0.3) is 0 Å². The lowest BCUT2D eigenvalue weighted by Gasteiger charge is -2.16. The molecule has 0 spiro atoms. The number of carbonyl (C=O) groups is 1. The molecule has 2 aliphatic heterocycles. The van der Waals surface area contributed by atoms with Crippen LogP contribution in [0.2, 0.25) is 0 Å². The quantitative estimate of drug-likeness (QED) is 0.839. The lowest BCUT2D eigenvalue weighted by Crippen LogP contribution is -2.37. The van der Waals surface area contributed by atoms with Gasteiger partial charge in [0.2, 0.25) is 5.91 Å². The van der Waals surface area contributed by atoms with Gasteiger partial charge in [0.1, 0.15) is 6.04 Å². The summed E-state index contributed by atoms with van der Waals surface area (Å²) in [4.78, 5) is 12.0. The summed E-state index contributed by atoms with van der Waals surface area (Å²) in [5, 5.41) is 5.99. The topological polar surface area (TPSA) is 75.3 Å². The van der Waals surface area contributed by atoms with Crippen molar-refractivity contribution in [1.29, 1.82) is 0 Å². The molecule has 0 saturated carbocycles. The summed E-state index contributed by atoms with van der Waals surface area (Å²) in [7, 11) is -2.93. The van der Waals surface area contributed by atoms with Crippen molar-refractivity contribution in [3.05, 3.63) is 29.3 Å². The van der Waals surface area contributed by atoms with Crippen LogP contribution in [0.15, 0.2) is 18.2 Å². The van der Waals surface area contributed by atoms with E-state index in [1.54, 1.807) is 0 Å². The van der Waals surface area contributed by atoms with Crippen LogP contribution < -0.4 is 10.6 Å². The largest absolute Gasteiger partial charge is 0.324 e. The van der Waals surface area contributed by atoms with E-state index in [1.165, 1.54) is 0 Å². The number of anilines is 1. The summed E-state index contributed by atoms with van der Waals surface area (Å²) >= 11 is 0. The van der Waals surface area contributed by atoms with E-state index in [4.69, 9.17) is 0 Å². The fraction of sp³-hybridized carbons (Fsp3) is 0.462. The number of hydrogen-bond donors (Lipinski definition) is 2. The van der Waals surface area contributed by atoms with Crippen LogP contribution in [-0.4, -0.2) is 31.9 Å². The van der Waals surface area contributed by atoms with Crippen molar-refractivity contribution in [1.82, 2.24) is 5.32 Å². The molecule has 1 amide bonds. The first-order valence-corrected chi connectivity index (χ1v) is 8.15. The molecule has 5 nitrogen and oxygen atoms in total. The number of nitrogens with one attached hydrogen (secondary N) is 2. The van der Waals surface area contributed by atoms with Crippen LogP contribution >= 0.6 is 0 Å². The fourth-order valence-corrected chi connectivity index (χ4v) is 4.39. The van der Waals surface area contributed by atoms with Crippen LogP contribution in [0.3, 0.4) is 0 Å². The molecule has 0 bridgehead atoms. The molecule has 0 aliphatic carbocycles. The molecule has 19 heavy (non-hydrogen) atoms. The van der Waals surface area contributed by atoms with Gasteiger partial charge >= 0.3 is 0 Å². The zero-order chi connectivity index (χ0) is 13.6. The normalized spacial score (nSPS) is 28.2. The van der Waals surface area contributed by atoms with Crippen molar-refractivity contribution in [3.63, 3.8) is 0 Å².